The van der Waals surface area contributed by atoms with Gasteiger partial charge in [0, 0.05) is 5.56 Å². The first kappa shape index (κ1) is 37.4. The van der Waals surface area contributed by atoms with E-state index in [1.54, 1.807) is 14.2 Å². The summed E-state index contributed by atoms with van der Waals surface area (Å²) < 4.78 is 11.0. The van der Waals surface area contributed by atoms with Gasteiger partial charge < -0.3 is 24.3 Å². The third-order valence-corrected chi connectivity index (χ3v) is 5.61. The Morgan fingerprint density at radius 2 is 1.41 bits per heavy atom. The van der Waals surface area contributed by atoms with Crippen molar-refractivity contribution >= 4 is 42.5 Å². The van der Waals surface area contributed by atoms with Gasteiger partial charge in [-0.15, -0.1) is 78.4 Å². The van der Waals surface area contributed by atoms with Gasteiger partial charge in [-0.25, -0.2) is 5.57 Å². The molecule has 0 aromatic heterocycles. The van der Waals surface area contributed by atoms with Crippen molar-refractivity contribution in [2.45, 2.75) is 27.7 Å². The molecule has 4 rings (SSSR count). The summed E-state index contributed by atoms with van der Waals surface area (Å²) in [5.74, 6) is 2.22. The van der Waals surface area contributed by atoms with Gasteiger partial charge in [-0.2, -0.15) is 11.1 Å². The normalized spacial score (nSPS) is 13.2. The fourth-order valence-electron chi connectivity index (χ4n) is 3.65. The standard InChI is InChI=1S/C17H15O2.C9H13.2CH3.2ClH.Si.Zr/c1-18-15-8-5-9-16(19-2)17(15)14-11-10-12-6-3-4-7-13(12)14;1-6-5-7(2)9(4)8(6)3;;;;;;/h3-11H,1-2H3;6H,1-4H3;2*1H3;2*1H;;/q4*-1;;;;. The quantitative estimate of drug-likeness (QED) is 0.224. The van der Waals surface area contributed by atoms with Crippen LogP contribution >= 0.6 is 24.8 Å². The molecule has 34 heavy (non-hydrogen) atoms. The average Bonchev–Trinajstić information content (AvgIpc) is 3.31. The molecule has 2 nitrogen and oxygen atoms in total. The molecule has 2 radical (unpaired) electrons. The summed E-state index contributed by atoms with van der Waals surface area (Å²) in [4.78, 5) is 0. The molecule has 1 aliphatic rings. The Balaban J connectivity index is -0.000000555. The molecule has 6 heteroatoms. The SMILES string of the molecule is CC1=[C-]C(C)C(C)=C1C.COc1cccc(OC)c1-c1c[cH-]c2ccccc12.Cl.Cl.[CH3-].[CH3-].[Si]=[Zr]. The Bertz CT molecular complexity index is 1050. The van der Waals surface area contributed by atoms with Gasteiger partial charge in [-0.05, 0) is 12.1 Å². The van der Waals surface area contributed by atoms with Crippen LogP contribution in [0.2, 0.25) is 0 Å². The molecule has 0 amide bonds. The van der Waals surface area contributed by atoms with Gasteiger partial charge >= 0.3 is 30.2 Å². The molecule has 3 aromatic rings. The van der Waals surface area contributed by atoms with Crippen LogP contribution in [0.5, 0.6) is 11.5 Å². The van der Waals surface area contributed by atoms with E-state index in [2.05, 4.69) is 64.9 Å². The van der Waals surface area contributed by atoms with E-state index >= 15 is 0 Å². The maximum atomic E-state index is 5.48. The van der Waals surface area contributed by atoms with Crippen LogP contribution < -0.4 is 9.47 Å². The molecule has 0 heterocycles. The van der Waals surface area contributed by atoms with Crippen LogP contribution in [0, 0.1) is 26.8 Å². The van der Waals surface area contributed by atoms with Gasteiger partial charge in [0.1, 0.15) is 11.5 Å². The van der Waals surface area contributed by atoms with Crippen LogP contribution in [0.1, 0.15) is 27.7 Å². The molecule has 0 bridgehead atoms. The molecular weight excluding hydrogens is 559 g/mol. The number of ether oxygens (including phenoxy) is 2. The minimum absolute atomic E-state index is 0. The third kappa shape index (κ3) is 8.48. The summed E-state index contributed by atoms with van der Waals surface area (Å²) in [5.41, 5.74) is 6.40. The van der Waals surface area contributed by atoms with Crippen molar-refractivity contribution in [2.24, 2.45) is 5.92 Å². The average molecular weight is 595 g/mol. The van der Waals surface area contributed by atoms with Gasteiger partial charge in [0.25, 0.3) is 0 Å². The first-order chi connectivity index (χ1) is 14.5. The van der Waals surface area contributed by atoms with Crippen molar-refractivity contribution in [2.75, 3.05) is 14.2 Å². The number of hydrogen-bond donors (Lipinski definition) is 0. The van der Waals surface area contributed by atoms with E-state index in [1.807, 2.05) is 30.3 Å². The van der Waals surface area contributed by atoms with Crippen molar-refractivity contribution in [3.8, 4) is 22.6 Å². The second kappa shape index (κ2) is 18.1. The van der Waals surface area contributed by atoms with Gasteiger partial charge in [0.15, 0.2) is 0 Å². The van der Waals surface area contributed by atoms with Crippen molar-refractivity contribution in [1.29, 1.82) is 0 Å². The van der Waals surface area contributed by atoms with Gasteiger partial charge in [-0.1, -0.05) is 38.8 Å². The number of halogens is 2. The van der Waals surface area contributed by atoms with E-state index in [-0.39, 0.29) is 39.7 Å². The van der Waals surface area contributed by atoms with Gasteiger partial charge in [0.2, 0.25) is 0 Å². The number of allylic oxidation sites excluding steroid dienone is 4. The first-order valence-electron chi connectivity index (χ1n) is 9.86. The zero-order chi connectivity index (χ0) is 22.3. The Labute approximate surface area is 236 Å². The molecule has 0 fully saturated rings. The second-order valence-electron chi connectivity index (χ2n) is 7.17. The molecule has 3 aromatic carbocycles. The Morgan fingerprint density at radius 1 is 0.882 bits per heavy atom. The summed E-state index contributed by atoms with van der Waals surface area (Å²) in [6, 6.07) is 18.4. The van der Waals surface area contributed by atoms with Crippen LogP contribution in [0.4, 0.5) is 0 Å². The van der Waals surface area contributed by atoms with Crippen molar-refractivity contribution in [1.82, 2.24) is 0 Å². The number of hydrogen-bond acceptors (Lipinski definition) is 2. The molecule has 186 valence electrons. The summed E-state index contributed by atoms with van der Waals surface area (Å²) in [7, 11) is 3.37. The van der Waals surface area contributed by atoms with Crippen molar-refractivity contribution in [3.05, 3.63) is 92.2 Å². The van der Waals surface area contributed by atoms with Crippen LogP contribution in [-0.4, -0.2) is 21.1 Å². The van der Waals surface area contributed by atoms with E-state index < -0.39 is 0 Å². The third-order valence-electron chi connectivity index (χ3n) is 5.61. The van der Waals surface area contributed by atoms with E-state index in [4.69, 9.17) is 9.47 Å². The van der Waals surface area contributed by atoms with E-state index in [0.717, 1.165) is 22.6 Å². The van der Waals surface area contributed by atoms with Gasteiger partial charge in [0.05, 0.1) is 14.2 Å². The Morgan fingerprint density at radius 3 is 1.82 bits per heavy atom. The first-order valence-corrected chi connectivity index (χ1v) is 14.0. The number of rotatable bonds is 3. The van der Waals surface area contributed by atoms with Crippen LogP contribution in [-0.2, 0) is 23.3 Å². The molecule has 1 aliphatic carbocycles. The number of benzene rings is 2. The zero-order valence-electron chi connectivity index (χ0n) is 21.4. The zero-order valence-corrected chi connectivity index (χ0v) is 26.5. The molecule has 0 N–H and O–H groups in total. The molecule has 0 aliphatic heterocycles. The molecule has 0 saturated carbocycles. The topological polar surface area (TPSA) is 18.5 Å². The Hall–Kier alpha value is -1.19. The molecular formula is C28H36Cl2O2SiZr-4. The predicted octanol–water partition coefficient (Wildman–Crippen LogP) is 8.33. The Kier molecular flexibility index (Phi) is 19.9. The summed E-state index contributed by atoms with van der Waals surface area (Å²) >= 11 is 1.36. The molecule has 1 unspecified atom stereocenters. The number of fused-ring (bicyclic) bond motifs is 1. The fraction of sp³-hybridized carbons (Fsp3) is 0.250. The van der Waals surface area contributed by atoms with Crippen LogP contribution in [0.3, 0.4) is 0 Å². The van der Waals surface area contributed by atoms with Crippen LogP contribution in [0.15, 0.2) is 71.3 Å². The summed E-state index contributed by atoms with van der Waals surface area (Å²) in [6.45, 7) is 11.7. The maximum absolute atomic E-state index is 5.48. The van der Waals surface area contributed by atoms with E-state index in [0.29, 0.717) is 5.92 Å². The second-order valence-corrected chi connectivity index (χ2v) is 7.17. The predicted molar refractivity (Wildman–Crippen MR) is 151 cm³/mol. The van der Waals surface area contributed by atoms with E-state index in [9.17, 15) is 0 Å². The summed E-state index contributed by atoms with van der Waals surface area (Å²) in [6.07, 6.45) is 3.36. The van der Waals surface area contributed by atoms with Gasteiger partial charge in [-0.3, -0.25) is 6.08 Å². The van der Waals surface area contributed by atoms with Crippen molar-refractivity contribution in [3.63, 3.8) is 0 Å². The monoisotopic (exact) mass is 592 g/mol. The van der Waals surface area contributed by atoms with E-state index in [1.165, 1.54) is 50.8 Å². The molecule has 0 saturated heterocycles. The summed E-state index contributed by atoms with van der Waals surface area (Å²) in [5, 5.41) is 2.44. The van der Waals surface area contributed by atoms with Crippen LogP contribution in [0.25, 0.3) is 21.9 Å². The fourth-order valence-corrected chi connectivity index (χ4v) is 3.65. The minimum atomic E-state index is 0. The van der Waals surface area contributed by atoms with Crippen molar-refractivity contribution < 1.29 is 32.8 Å². The number of methoxy groups -OCH3 is 2. The molecule has 1 atom stereocenters. The molecule has 0 spiro atoms.